The van der Waals surface area contributed by atoms with Crippen molar-refractivity contribution in [3.63, 3.8) is 0 Å². The zero-order valence-electron chi connectivity index (χ0n) is 18.7. The number of aryl methyl sites for hydroxylation is 1. The van der Waals surface area contributed by atoms with E-state index in [1.165, 1.54) is 0 Å². The Balaban J connectivity index is 1.61. The predicted molar refractivity (Wildman–Crippen MR) is 122 cm³/mol. The van der Waals surface area contributed by atoms with Crippen LogP contribution in [-0.2, 0) is 5.41 Å². The van der Waals surface area contributed by atoms with Crippen molar-refractivity contribution >= 4 is 22.8 Å². The van der Waals surface area contributed by atoms with Crippen LogP contribution in [0.25, 0.3) is 28.4 Å². The molecule has 0 spiro atoms. The van der Waals surface area contributed by atoms with Crippen LogP contribution >= 0.6 is 0 Å². The summed E-state index contributed by atoms with van der Waals surface area (Å²) >= 11 is 0. The second kappa shape index (κ2) is 7.70. The first-order valence-electron chi connectivity index (χ1n) is 10.5. The lowest BCUT2D eigenvalue weighted by Gasteiger charge is -2.13. The van der Waals surface area contributed by atoms with E-state index in [0.29, 0.717) is 39.7 Å². The Morgan fingerprint density at radius 3 is 2.67 bits per heavy atom. The van der Waals surface area contributed by atoms with Crippen molar-refractivity contribution in [2.75, 3.05) is 5.32 Å². The smallest absolute Gasteiger partial charge is 0.259 e. The molecule has 0 saturated carbocycles. The molecule has 0 aliphatic rings. The van der Waals surface area contributed by atoms with Gasteiger partial charge in [0, 0.05) is 17.7 Å². The molecule has 0 atom stereocenters. The number of furan rings is 1. The molecule has 9 heteroatoms. The van der Waals surface area contributed by atoms with Gasteiger partial charge in [0.2, 0.25) is 0 Å². The molecule has 0 bridgehead atoms. The third-order valence-electron chi connectivity index (χ3n) is 5.22. The summed E-state index contributed by atoms with van der Waals surface area (Å²) in [7, 11) is 0. The van der Waals surface area contributed by atoms with Gasteiger partial charge in [-0.3, -0.25) is 4.79 Å². The maximum absolute atomic E-state index is 13.5. The second-order valence-electron chi connectivity index (χ2n) is 8.70. The Morgan fingerprint density at radius 2 is 1.97 bits per heavy atom. The van der Waals surface area contributed by atoms with E-state index in [1.54, 1.807) is 42.3 Å². The van der Waals surface area contributed by atoms with Gasteiger partial charge in [0.25, 0.3) is 11.6 Å². The van der Waals surface area contributed by atoms with Crippen LogP contribution in [0.3, 0.4) is 0 Å². The minimum atomic E-state index is -0.348. The molecular formula is C24H22N6O3. The van der Waals surface area contributed by atoms with E-state index in [2.05, 4.69) is 41.2 Å². The molecule has 0 unspecified atom stereocenters. The predicted octanol–water partition coefficient (Wildman–Crippen LogP) is 4.92. The van der Waals surface area contributed by atoms with Crippen molar-refractivity contribution in [3.05, 3.63) is 71.9 Å². The number of nitrogens with one attached hydrogen (secondary N) is 1. The summed E-state index contributed by atoms with van der Waals surface area (Å²) in [5, 5.41) is 12.2. The number of hydrogen-bond donors (Lipinski definition) is 1. The molecule has 0 radical (unpaired) electrons. The third-order valence-corrected chi connectivity index (χ3v) is 5.22. The average Bonchev–Trinajstić information content (AvgIpc) is 3.54. The normalized spacial score (nSPS) is 11.8. The van der Waals surface area contributed by atoms with Crippen molar-refractivity contribution < 1.29 is 13.7 Å². The van der Waals surface area contributed by atoms with Gasteiger partial charge in [-0.05, 0) is 37.3 Å². The number of pyridine rings is 2. The Morgan fingerprint density at radius 1 is 1.12 bits per heavy atom. The summed E-state index contributed by atoms with van der Waals surface area (Å²) < 4.78 is 12.5. The van der Waals surface area contributed by atoms with Crippen molar-refractivity contribution in [1.29, 1.82) is 0 Å². The minimum Gasteiger partial charge on any atom is -0.463 e. The fraction of sp³-hybridized carbons (Fsp3) is 0.208. The van der Waals surface area contributed by atoms with Gasteiger partial charge in [0.1, 0.15) is 11.5 Å². The maximum atomic E-state index is 13.5. The lowest BCUT2D eigenvalue weighted by molar-refractivity contribution is 0.102. The zero-order chi connectivity index (χ0) is 23.2. The fourth-order valence-electron chi connectivity index (χ4n) is 3.50. The Hall–Kier alpha value is -4.27. The molecule has 5 aromatic rings. The first-order valence-corrected chi connectivity index (χ1v) is 10.5. The molecule has 0 aliphatic heterocycles. The molecule has 9 nitrogen and oxygen atoms in total. The number of fused-ring (bicyclic) bond motifs is 1. The average molecular weight is 442 g/mol. The van der Waals surface area contributed by atoms with Gasteiger partial charge in [-0.25, -0.2) is 9.97 Å². The third kappa shape index (κ3) is 3.78. The van der Waals surface area contributed by atoms with E-state index in [9.17, 15) is 4.79 Å². The van der Waals surface area contributed by atoms with Gasteiger partial charge in [0.15, 0.2) is 11.6 Å². The Kier molecular flexibility index (Phi) is 4.81. The van der Waals surface area contributed by atoms with Gasteiger partial charge in [-0.15, -0.1) is 0 Å². The van der Waals surface area contributed by atoms with Crippen LogP contribution in [0.5, 0.6) is 0 Å². The van der Waals surface area contributed by atoms with Crippen LogP contribution in [-0.4, -0.2) is 30.8 Å². The number of aromatic nitrogens is 5. The van der Waals surface area contributed by atoms with Crippen molar-refractivity contribution in [2.24, 2.45) is 0 Å². The summed E-state index contributed by atoms with van der Waals surface area (Å²) in [5.74, 6) is 1.27. The van der Waals surface area contributed by atoms with Crippen LogP contribution in [0.4, 0.5) is 5.82 Å². The molecule has 166 valence electrons. The van der Waals surface area contributed by atoms with Crippen molar-refractivity contribution in [2.45, 2.75) is 33.1 Å². The zero-order valence-corrected chi connectivity index (χ0v) is 18.7. The highest BCUT2D eigenvalue weighted by atomic mass is 16.5. The molecule has 0 saturated heterocycles. The summed E-state index contributed by atoms with van der Waals surface area (Å²) in [6.45, 7) is 7.96. The molecule has 5 aromatic heterocycles. The molecule has 0 aliphatic carbocycles. The largest absolute Gasteiger partial charge is 0.463 e. The lowest BCUT2D eigenvalue weighted by Crippen LogP contribution is -2.16. The highest BCUT2D eigenvalue weighted by molar-refractivity contribution is 6.12. The quantitative estimate of drug-likeness (QED) is 0.420. The monoisotopic (exact) mass is 442 g/mol. The summed E-state index contributed by atoms with van der Waals surface area (Å²) in [6, 6.07) is 12.6. The van der Waals surface area contributed by atoms with E-state index in [0.717, 1.165) is 5.69 Å². The van der Waals surface area contributed by atoms with Gasteiger partial charge in [-0.2, -0.15) is 9.78 Å². The molecule has 5 rings (SSSR count). The fourth-order valence-corrected chi connectivity index (χ4v) is 3.50. The van der Waals surface area contributed by atoms with Gasteiger partial charge < -0.3 is 14.3 Å². The topological polar surface area (TPSA) is 112 Å². The SMILES string of the molecule is Cc1noc2nc(-c3ccco3)cc(C(=O)Nc3cc(C(C)(C)C)nn3-c3ccccn3)c12. The van der Waals surface area contributed by atoms with E-state index in [-0.39, 0.29) is 17.0 Å². The number of nitrogens with zero attached hydrogens (tertiary/aromatic N) is 5. The number of amides is 1. The highest BCUT2D eigenvalue weighted by Crippen LogP contribution is 2.29. The standard InChI is InChI=1S/C24H22N6O3/c1-14-21-15(12-16(17-8-7-11-32-17)26-23(21)33-29-14)22(31)27-20-13-18(24(2,3)4)28-30(20)19-9-5-6-10-25-19/h5-13H,1-4H3,(H,27,31). The van der Waals surface area contributed by atoms with E-state index < -0.39 is 0 Å². The van der Waals surface area contributed by atoms with Gasteiger partial charge >= 0.3 is 0 Å². The van der Waals surface area contributed by atoms with Crippen LogP contribution in [0, 0.1) is 6.92 Å². The molecular weight excluding hydrogens is 420 g/mol. The molecule has 0 fully saturated rings. The van der Waals surface area contributed by atoms with Gasteiger partial charge in [-0.1, -0.05) is 32.0 Å². The summed E-state index contributed by atoms with van der Waals surface area (Å²) in [4.78, 5) is 22.4. The van der Waals surface area contributed by atoms with E-state index in [1.807, 2.05) is 24.3 Å². The first kappa shape index (κ1) is 20.6. The van der Waals surface area contributed by atoms with Crippen LogP contribution in [0.1, 0.15) is 42.5 Å². The van der Waals surface area contributed by atoms with Crippen molar-refractivity contribution in [1.82, 2.24) is 24.9 Å². The molecule has 1 amide bonds. The molecule has 0 aromatic carbocycles. The Labute approximate surface area is 189 Å². The van der Waals surface area contributed by atoms with Crippen LogP contribution in [0.15, 0.2) is 63.9 Å². The van der Waals surface area contributed by atoms with Gasteiger partial charge in [0.05, 0.1) is 28.6 Å². The number of carbonyl (C=O) groups excluding carboxylic acids is 1. The number of anilines is 1. The Bertz CT molecular complexity index is 1440. The number of hydrogen-bond acceptors (Lipinski definition) is 7. The molecule has 33 heavy (non-hydrogen) atoms. The molecule has 5 heterocycles. The molecule has 1 N–H and O–H groups in total. The maximum Gasteiger partial charge on any atom is 0.259 e. The van der Waals surface area contributed by atoms with E-state index >= 15 is 0 Å². The first-order chi connectivity index (χ1) is 15.8. The number of carbonyl (C=O) groups is 1. The van der Waals surface area contributed by atoms with Crippen molar-refractivity contribution in [3.8, 4) is 17.3 Å². The second-order valence-corrected chi connectivity index (χ2v) is 8.70. The highest BCUT2D eigenvalue weighted by Gasteiger charge is 2.24. The number of rotatable bonds is 4. The van der Waals surface area contributed by atoms with Crippen LogP contribution < -0.4 is 5.32 Å². The summed E-state index contributed by atoms with van der Waals surface area (Å²) in [6.07, 6.45) is 3.23. The summed E-state index contributed by atoms with van der Waals surface area (Å²) in [5.41, 5.74) is 2.28. The van der Waals surface area contributed by atoms with E-state index in [4.69, 9.17) is 14.0 Å². The van der Waals surface area contributed by atoms with Crippen LogP contribution in [0.2, 0.25) is 0 Å². The minimum absolute atomic E-state index is 0.221. The lowest BCUT2D eigenvalue weighted by atomic mass is 9.92.